The van der Waals surface area contributed by atoms with E-state index in [-0.39, 0.29) is 16.4 Å². The standard InChI is InChI=1S/C17H15F3N4O3S2/c1-22(4-2-3-5-23-6-7-28-10-23)16-21-15(25)12-8-11(17(18,19)20)9-13(24(26)27)14(12)29-16/h8-9H,4-7,10H2,1H3. The molecule has 0 saturated carbocycles. The molecule has 0 atom stereocenters. The van der Waals surface area contributed by atoms with Crippen LogP contribution in [0.3, 0.4) is 0 Å². The minimum Gasteiger partial charge on any atom is -0.340 e. The number of benzene rings is 1. The molecule has 0 bridgehead atoms. The highest BCUT2D eigenvalue weighted by molar-refractivity contribution is 7.99. The quantitative estimate of drug-likeness (QED) is 0.407. The van der Waals surface area contributed by atoms with Crippen LogP contribution in [0.2, 0.25) is 0 Å². The van der Waals surface area contributed by atoms with Gasteiger partial charge < -0.3 is 4.90 Å². The van der Waals surface area contributed by atoms with Gasteiger partial charge in [0.25, 0.3) is 11.2 Å². The van der Waals surface area contributed by atoms with E-state index < -0.39 is 33.3 Å². The van der Waals surface area contributed by atoms with Gasteiger partial charge in [0.1, 0.15) is 4.70 Å². The van der Waals surface area contributed by atoms with Gasteiger partial charge >= 0.3 is 6.18 Å². The van der Waals surface area contributed by atoms with Crippen molar-refractivity contribution >= 4 is 44.0 Å². The van der Waals surface area contributed by atoms with Crippen LogP contribution in [0.25, 0.3) is 10.1 Å². The average Bonchev–Trinajstić information content (AvgIpc) is 3.16. The Hall–Kier alpha value is -2.36. The van der Waals surface area contributed by atoms with Crippen LogP contribution < -0.4 is 10.5 Å². The molecule has 0 radical (unpaired) electrons. The lowest BCUT2D eigenvalue weighted by Crippen LogP contribution is -2.22. The van der Waals surface area contributed by atoms with Gasteiger partial charge in [0.15, 0.2) is 5.13 Å². The van der Waals surface area contributed by atoms with Crippen LogP contribution in [-0.2, 0) is 6.18 Å². The third-order valence-corrected chi connectivity index (χ3v) is 6.35. The summed E-state index contributed by atoms with van der Waals surface area (Å²) in [5.41, 5.74) is -2.97. The number of non-ortho nitro benzene ring substituents is 1. The summed E-state index contributed by atoms with van der Waals surface area (Å²) in [4.78, 5) is 30.2. The van der Waals surface area contributed by atoms with E-state index in [0.717, 1.165) is 29.5 Å². The predicted octanol–water partition coefficient (Wildman–Crippen LogP) is 3.03. The lowest BCUT2D eigenvalue weighted by atomic mass is 10.1. The van der Waals surface area contributed by atoms with Gasteiger partial charge in [0.2, 0.25) is 0 Å². The number of hydrogen-bond acceptors (Lipinski definition) is 8. The van der Waals surface area contributed by atoms with E-state index >= 15 is 0 Å². The third kappa shape index (κ3) is 4.98. The topological polar surface area (TPSA) is 79.6 Å². The van der Waals surface area contributed by atoms with Crippen LogP contribution in [-0.4, -0.2) is 53.1 Å². The summed E-state index contributed by atoms with van der Waals surface area (Å²) in [7, 11) is 1.61. The molecular weight excluding hydrogens is 429 g/mol. The monoisotopic (exact) mass is 444 g/mol. The number of aromatic nitrogens is 1. The SMILES string of the molecule is CN(CC#CCN1CCSC1)c1nc(=O)c2cc(C(F)(F)F)cc([N+](=O)[O-])c2s1. The van der Waals surface area contributed by atoms with Crippen molar-refractivity contribution in [2.75, 3.05) is 43.2 Å². The zero-order chi connectivity index (χ0) is 21.2. The predicted molar refractivity (Wildman–Crippen MR) is 107 cm³/mol. The smallest absolute Gasteiger partial charge is 0.340 e. The highest BCUT2D eigenvalue weighted by Gasteiger charge is 2.34. The van der Waals surface area contributed by atoms with Crippen molar-refractivity contribution in [2.24, 2.45) is 0 Å². The zero-order valence-corrected chi connectivity index (χ0v) is 16.8. The number of alkyl halides is 3. The van der Waals surface area contributed by atoms with Gasteiger partial charge in [-0.2, -0.15) is 18.2 Å². The summed E-state index contributed by atoms with van der Waals surface area (Å²) < 4.78 is 38.9. The number of thioether (sulfide) groups is 1. The Morgan fingerprint density at radius 2 is 2.14 bits per heavy atom. The molecule has 7 nitrogen and oxygen atoms in total. The normalized spacial score (nSPS) is 14.6. The molecule has 0 N–H and O–H groups in total. The van der Waals surface area contributed by atoms with Gasteiger partial charge in [-0.3, -0.25) is 19.8 Å². The Kier molecular flexibility index (Phi) is 6.30. The number of halogens is 3. The molecule has 1 aliphatic rings. The first-order valence-corrected chi connectivity index (χ1v) is 10.3. The van der Waals surface area contributed by atoms with Crippen LogP contribution in [0.1, 0.15) is 5.56 Å². The number of nitro groups is 1. The number of rotatable bonds is 4. The highest BCUT2D eigenvalue weighted by atomic mass is 32.2. The molecular formula is C17H15F3N4O3S2. The van der Waals surface area contributed by atoms with Crippen molar-refractivity contribution in [3.05, 3.63) is 38.2 Å². The van der Waals surface area contributed by atoms with E-state index in [2.05, 4.69) is 21.7 Å². The van der Waals surface area contributed by atoms with Gasteiger partial charge in [0, 0.05) is 31.3 Å². The second-order valence-corrected chi connectivity index (χ2v) is 8.28. The van der Waals surface area contributed by atoms with Crippen molar-refractivity contribution in [2.45, 2.75) is 6.18 Å². The molecule has 0 amide bonds. The largest absolute Gasteiger partial charge is 0.416 e. The summed E-state index contributed by atoms with van der Waals surface area (Å²) in [6.07, 6.45) is -4.81. The molecule has 12 heteroatoms. The molecule has 0 unspecified atom stereocenters. The molecule has 1 aromatic carbocycles. The van der Waals surface area contributed by atoms with E-state index in [1.165, 1.54) is 0 Å². The Bertz CT molecular complexity index is 1060. The van der Waals surface area contributed by atoms with Gasteiger partial charge in [-0.15, -0.1) is 11.8 Å². The van der Waals surface area contributed by atoms with Crippen LogP contribution in [0.5, 0.6) is 0 Å². The summed E-state index contributed by atoms with van der Waals surface area (Å²) in [6.45, 7) is 1.82. The van der Waals surface area contributed by atoms with Gasteiger partial charge in [0.05, 0.1) is 29.0 Å². The zero-order valence-electron chi connectivity index (χ0n) is 15.2. The van der Waals surface area contributed by atoms with Crippen LogP contribution in [0, 0.1) is 22.0 Å². The van der Waals surface area contributed by atoms with E-state index in [4.69, 9.17) is 0 Å². The second kappa shape index (κ2) is 8.56. The Morgan fingerprint density at radius 1 is 1.38 bits per heavy atom. The number of nitrogens with zero attached hydrogens (tertiary/aromatic N) is 4. The maximum atomic E-state index is 13.0. The molecule has 0 spiro atoms. The summed E-state index contributed by atoms with van der Waals surface area (Å²) >= 11 is 2.62. The molecule has 1 aromatic heterocycles. The van der Waals surface area contributed by atoms with Crippen LogP contribution in [0.4, 0.5) is 24.0 Å². The molecule has 3 rings (SSSR count). The van der Waals surface area contributed by atoms with Gasteiger partial charge in [-0.05, 0) is 6.07 Å². The first-order valence-electron chi connectivity index (χ1n) is 8.34. The van der Waals surface area contributed by atoms with Crippen molar-refractivity contribution in [1.82, 2.24) is 9.88 Å². The maximum Gasteiger partial charge on any atom is 0.416 e. The summed E-state index contributed by atoms with van der Waals surface area (Å²) in [6, 6.07) is 1.04. The molecule has 1 aliphatic heterocycles. The van der Waals surface area contributed by atoms with Gasteiger partial charge in [-0.25, -0.2) is 0 Å². The fourth-order valence-corrected chi connectivity index (χ4v) is 4.61. The van der Waals surface area contributed by atoms with Crippen molar-refractivity contribution in [1.29, 1.82) is 0 Å². The lowest BCUT2D eigenvalue weighted by molar-refractivity contribution is -0.383. The molecule has 1 fully saturated rings. The Balaban J connectivity index is 1.91. The average molecular weight is 444 g/mol. The Labute approximate surface area is 171 Å². The molecule has 2 aromatic rings. The Morgan fingerprint density at radius 3 is 2.76 bits per heavy atom. The molecule has 29 heavy (non-hydrogen) atoms. The minimum absolute atomic E-state index is 0.146. The first-order chi connectivity index (χ1) is 13.7. The second-order valence-electron chi connectivity index (χ2n) is 6.23. The fourth-order valence-electron chi connectivity index (χ4n) is 2.59. The fraction of sp³-hybridized carbons (Fsp3) is 0.412. The molecule has 1 saturated heterocycles. The summed E-state index contributed by atoms with van der Waals surface area (Å²) in [5.74, 6) is 7.98. The van der Waals surface area contributed by atoms with Gasteiger partial charge in [-0.1, -0.05) is 23.2 Å². The number of nitro benzene ring substituents is 1. The number of fused-ring (bicyclic) bond motifs is 1. The number of hydrogen-bond donors (Lipinski definition) is 0. The summed E-state index contributed by atoms with van der Waals surface area (Å²) in [5, 5.41) is 11.0. The highest BCUT2D eigenvalue weighted by Crippen LogP contribution is 2.38. The maximum absolute atomic E-state index is 13.0. The number of anilines is 1. The van der Waals surface area contributed by atoms with Crippen molar-refractivity contribution in [3.63, 3.8) is 0 Å². The van der Waals surface area contributed by atoms with E-state index in [1.807, 2.05) is 11.8 Å². The van der Waals surface area contributed by atoms with Crippen LogP contribution in [0.15, 0.2) is 16.9 Å². The molecule has 2 heterocycles. The van der Waals surface area contributed by atoms with Crippen LogP contribution >= 0.6 is 23.1 Å². The van der Waals surface area contributed by atoms with E-state index in [9.17, 15) is 28.1 Å². The minimum atomic E-state index is -4.81. The lowest BCUT2D eigenvalue weighted by Gasteiger charge is -2.14. The third-order valence-electron chi connectivity index (χ3n) is 4.11. The van der Waals surface area contributed by atoms with Crippen molar-refractivity contribution < 1.29 is 18.1 Å². The molecule has 0 aliphatic carbocycles. The van der Waals surface area contributed by atoms with E-state index in [1.54, 1.807) is 11.9 Å². The van der Waals surface area contributed by atoms with E-state index in [0.29, 0.717) is 18.7 Å². The van der Waals surface area contributed by atoms with Crippen molar-refractivity contribution in [3.8, 4) is 11.8 Å². The first kappa shape index (κ1) is 21.4. The molecule has 154 valence electrons.